The van der Waals surface area contributed by atoms with Crippen molar-refractivity contribution in [3.8, 4) is 0 Å². The number of ether oxygens (including phenoxy) is 1. The highest BCUT2D eigenvalue weighted by molar-refractivity contribution is 5.82. The second-order valence-electron chi connectivity index (χ2n) is 6.08. The number of piperidine rings is 1. The van der Waals surface area contributed by atoms with Crippen molar-refractivity contribution >= 4 is 11.7 Å². The molecule has 0 aromatic carbocycles. The summed E-state index contributed by atoms with van der Waals surface area (Å²) in [5.74, 6) is 0.915. The lowest BCUT2D eigenvalue weighted by Crippen LogP contribution is -2.53. The van der Waals surface area contributed by atoms with Gasteiger partial charge in [-0.25, -0.2) is 4.98 Å². The van der Waals surface area contributed by atoms with Crippen LogP contribution in [0.1, 0.15) is 12.8 Å². The summed E-state index contributed by atoms with van der Waals surface area (Å²) in [5, 5.41) is 3.14. The molecular formula is C16H24N4O2. The normalized spacial score (nSPS) is 24.2. The van der Waals surface area contributed by atoms with E-state index in [-0.39, 0.29) is 11.9 Å². The van der Waals surface area contributed by atoms with Gasteiger partial charge in [0.15, 0.2) is 6.10 Å². The van der Waals surface area contributed by atoms with Crippen LogP contribution < -0.4 is 10.2 Å². The van der Waals surface area contributed by atoms with E-state index in [4.69, 9.17) is 4.74 Å². The van der Waals surface area contributed by atoms with Crippen molar-refractivity contribution in [3.05, 3.63) is 24.4 Å². The molecule has 2 saturated heterocycles. The Kier molecular flexibility index (Phi) is 4.90. The molecule has 2 aliphatic heterocycles. The molecular weight excluding hydrogens is 280 g/mol. The molecule has 6 nitrogen and oxygen atoms in total. The van der Waals surface area contributed by atoms with Crippen molar-refractivity contribution in [2.45, 2.75) is 25.0 Å². The largest absolute Gasteiger partial charge is 0.365 e. The van der Waals surface area contributed by atoms with Gasteiger partial charge in [0.1, 0.15) is 5.82 Å². The van der Waals surface area contributed by atoms with Crippen LogP contribution in [-0.2, 0) is 9.53 Å². The van der Waals surface area contributed by atoms with Crippen molar-refractivity contribution in [2.75, 3.05) is 44.7 Å². The van der Waals surface area contributed by atoms with E-state index in [0.717, 1.165) is 38.3 Å². The van der Waals surface area contributed by atoms with Crippen LogP contribution in [0.15, 0.2) is 24.4 Å². The number of amides is 1. The van der Waals surface area contributed by atoms with E-state index in [1.807, 2.05) is 18.2 Å². The summed E-state index contributed by atoms with van der Waals surface area (Å²) >= 11 is 0. The summed E-state index contributed by atoms with van der Waals surface area (Å²) in [6.45, 7) is 3.97. The second kappa shape index (κ2) is 7.07. The van der Waals surface area contributed by atoms with Crippen LogP contribution in [0.2, 0.25) is 0 Å². The fourth-order valence-electron chi connectivity index (χ4n) is 3.00. The molecule has 1 unspecified atom stereocenters. The molecule has 3 heterocycles. The van der Waals surface area contributed by atoms with Gasteiger partial charge in [0.25, 0.3) is 5.91 Å². The average molecular weight is 304 g/mol. The first-order chi connectivity index (χ1) is 10.7. The monoisotopic (exact) mass is 304 g/mol. The topological polar surface area (TPSA) is 57.7 Å². The molecule has 1 atom stereocenters. The summed E-state index contributed by atoms with van der Waals surface area (Å²) in [5.41, 5.74) is 0. The van der Waals surface area contributed by atoms with Crippen molar-refractivity contribution < 1.29 is 9.53 Å². The number of anilines is 1. The Hall–Kier alpha value is -1.66. The average Bonchev–Trinajstić information content (AvgIpc) is 2.58. The predicted octanol–water partition coefficient (Wildman–Crippen LogP) is 0.497. The molecule has 1 aromatic rings. The van der Waals surface area contributed by atoms with E-state index in [1.54, 1.807) is 6.20 Å². The SMILES string of the molecule is CN1CCC(NC(=O)C2CN(c3ccccn3)CCO2)CC1. The third kappa shape index (κ3) is 3.75. The number of aromatic nitrogens is 1. The lowest BCUT2D eigenvalue weighted by atomic mass is 10.1. The zero-order valence-electron chi connectivity index (χ0n) is 13.1. The third-order valence-electron chi connectivity index (χ3n) is 4.40. The number of carbonyl (C=O) groups excluding carboxylic acids is 1. The minimum atomic E-state index is -0.407. The summed E-state index contributed by atoms with van der Waals surface area (Å²) in [6.07, 6.45) is 3.39. The Balaban J connectivity index is 1.54. The lowest BCUT2D eigenvalue weighted by Gasteiger charge is -2.35. The first-order valence-corrected chi connectivity index (χ1v) is 7.99. The zero-order chi connectivity index (χ0) is 15.4. The number of hydrogen-bond donors (Lipinski definition) is 1. The van der Waals surface area contributed by atoms with E-state index in [9.17, 15) is 4.79 Å². The van der Waals surface area contributed by atoms with Crippen LogP contribution in [0.4, 0.5) is 5.82 Å². The Morgan fingerprint density at radius 1 is 1.32 bits per heavy atom. The maximum absolute atomic E-state index is 12.4. The molecule has 3 rings (SSSR count). The quantitative estimate of drug-likeness (QED) is 0.881. The number of hydrogen-bond acceptors (Lipinski definition) is 5. The lowest BCUT2D eigenvalue weighted by molar-refractivity contribution is -0.134. The van der Waals surface area contributed by atoms with Gasteiger partial charge in [0.2, 0.25) is 0 Å². The number of pyridine rings is 1. The van der Waals surface area contributed by atoms with E-state index < -0.39 is 6.10 Å². The molecule has 0 bridgehead atoms. The summed E-state index contributed by atoms with van der Waals surface area (Å²) in [6, 6.07) is 6.11. The summed E-state index contributed by atoms with van der Waals surface area (Å²) in [7, 11) is 2.12. The van der Waals surface area contributed by atoms with Gasteiger partial charge in [-0.1, -0.05) is 6.07 Å². The van der Waals surface area contributed by atoms with Crippen LogP contribution >= 0.6 is 0 Å². The molecule has 2 fully saturated rings. The second-order valence-corrected chi connectivity index (χ2v) is 6.08. The molecule has 1 aromatic heterocycles. The van der Waals surface area contributed by atoms with Crippen LogP contribution in [-0.4, -0.2) is 67.8 Å². The Labute approximate surface area is 131 Å². The van der Waals surface area contributed by atoms with Crippen molar-refractivity contribution in [3.63, 3.8) is 0 Å². The number of nitrogens with zero attached hydrogens (tertiary/aromatic N) is 3. The molecule has 1 N–H and O–H groups in total. The smallest absolute Gasteiger partial charge is 0.251 e. The summed E-state index contributed by atoms with van der Waals surface area (Å²) < 4.78 is 5.66. The first-order valence-electron chi connectivity index (χ1n) is 7.99. The number of likely N-dealkylation sites (tertiary alicyclic amines) is 1. The van der Waals surface area contributed by atoms with Crippen LogP contribution in [0.25, 0.3) is 0 Å². The van der Waals surface area contributed by atoms with Gasteiger partial charge in [-0.05, 0) is 45.1 Å². The third-order valence-corrected chi connectivity index (χ3v) is 4.40. The molecule has 0 saturated carbocycles. The van der Waals surface area contributed by atoms with Gasteiger partial charge >= 0.3 is 0 Å². The molecule has 1 amide bonds. The van der Waals surface area contributed by atoms with Gasteiger partial charge in [-0.2, -0.15) is 0 Å². The van der Waals surface area contributed by atoms with Gasteiger partial charge in [-0.15, -0.1) is 0 Å². The van der Waals surface area contributed by atoms with Gasteiger partial charge in [-0.3, -0.25) is 4.79 Å². The van der Waals surface area contributed by atoms with E-state index in [0.29, 0.717) is 13.2 Å². The van der Waals surface area contributed by atoms with E-state index >= 15 is 0 Å². The fraction of sp³-hybridized carbons (Fsp3) is 0.625. The molecule has 0 radical (unpaired) electrons. The Morgan fingerprint density at radius 2 is 2.14 bits per heavy atom. The number of morpholine rings is 1. The number of nitrogens with one attached hydrogen (secondary N) is 1. The maximum atomic E-state index is 12.4. The molecule has 120 valence electrons. The molecule has 6 heteroatoms. The zero-order valence-corrected chi connectivity index (χ0v) is 13.1. The highest BCUT2D eigenvalue weighted by atomic mass is 16.5. The maximum Gasteiger partial charge on any atom is 0.251 e. The Morgan fingerprint density at radius 3 is 2.86 bits per heavy atom. The van der Waals surface area contributed by atoms with E-state index in [2.05, 4.69) is 27.1 Å². The predicted molar refractivity (Wildman–Crippen MR) is 84.9 cm³/mol. The fourth-order valence-corrected chi connectivity index (χ4v) is 3.00. The molecule has 0 aliphatic carbocycles. The first kappa shape index (κ1) is 15.2. The highest BCUT2D eigenvalue weighted by Gasteiger charge is 2.29. The highest BCUT2D eigenvalue weighted by Crippen LogP contribution is 2.15. The van der Waals surface area contributed by atoms with Crippen molar-refractivity contribution in [1.82, 2.24) is 15.2 Å². The van der Waals surface area contributed by atoms with E-state index in [1.165, 1.54) is 0 Å². The number of carbonyl (C=O) groups is 1. The number of rotatable bonds is 3. The minimum absolute atomic E-state index is 0.00943. The summed E-state index contributed by atoms with van der Waals surface area (Å²) in [4.78, 5) is 21.2. The standard InChI is InChI=1S/C16H24N4O2/c1-19-8-5-13(6-9-19)18-16(21)14-12-20(10-11-22-14)15-4-2-3-7-17-15/h2-4,7,13-14H,5-6,8-12H2,1H3,(H,18,21). The van der Waals surface area contributed by atoms with Gasteiger partial charge in [0.05, 0.1) is 13.2 Å². The van der Waals surface area contributed by atoms with Crippen molar-refractivity contribution in [1.29, 1.82) is 0 Å². The van der Waals surface area contributed by atoms with Gasteiger partial charge < -0.3 is 19.9 Å². The molecule has 22 heavy (non-hydrogen) atoms. The van der Waals surface area contributed by atoms with Crippen molar-refractivity contribution in [2.24, 2.45) is 0 Å². The molecule has 2 aliphatic rings. The molecule has 0 spiro atoms. The van der Waals surface area contributed by atoms with Crippen LogP contribution in [0.5, 0.6) is 0 Å². The van der Waals surface area contributed by atoms with Crippen LogP contribution in [0, 0.1) is 0 Å². The van der Waals surface area contributed by atoms with Crippen LogP contribution in [0.3, 0.4) is 0 Å². The van der Waals surface area contributed by atoms with Gasteiger partial charge in [0, 0.05) is 18.8 Å². The Bertz CT molecular complexity index is 488. The minimum Gasteiger partial charge on any atom is -0.365 e.